The van der Waals surface area contributed by atoms with Crippen LogP contribution in [0.25, 0.3) is 0 Å². The Hall–Kier alpha value is -1.47. The lowest BCUT2D eigenvalue weighted by molar-refractivity contribution is -0.254. The zero-order valence-electron chi connectivity index (χ0n) is 19.0. The van der Waals surface area contributed by atoms with Crippen LogP contribution in [-0.4, -0.2) is 18.5 Å². The van der Waals surface area contributed by atoms with Crippen molar-refractivity contribution in [1.82, 2.24) is 0 Å². The Bertz CT molecular complexity index is 751. The summed E-state index contributed by atoms with van der Waals surface area (Å²) in [4.78, 5) is 0. The molecule has 0 amide bonds. The molecular formula is C25H33F7O. The zero-order valence-corrected chi connectivity index (χ0v) is 19.0. The fourth-order valence-electron chi connectivity index (χ4n) is 5.71. The molecule has 8 heteroatoms. The van der Waals surface area contributed by atoms with Gasteiger partial charge >= 0.3 is 12.5 Å². The topological polar surface area (TPSA) is 9.23 Å². The van der Waals surface area contributed by atoms with Gasteiger partial charge in [-0.15, -0.1) is 0 Å². The molecule has 1 aromatic rings. The standard InChI is InChI=1S/C25H33F7O/c1-2-3-16-4-7-18(8-5-16)19-9-11-20(12-10-19)24(29,30)15-17-6-13-22(21(26)14-17)33-25(31,32)23(27)28/h6,13-14,16,18-20,23H,2-5,7-12,15H2,1H3. The van der Waals surface area contributed by atoms with E-state index in [1.165, 1.54) is 38.5 Å². The highest BCUT2D eigenvalue weighted by atomic mass is 19.3. The molecule has 0 N–H and O–H groups in total. The molecule has 33 heavy (non-hydrogen) atoms. The summed E-state index contributed by atoms with van der Waals surface area (Å²) in [5.74, 6) is -4.41. The normalized spacial score (nSPS) is 27.1. The van der Waals surface area contributed by atoms with Gasteiger partial charge in [0.15, 0.2) is 11.6 Å². The molecule has 0 saturated heterocycles. The Morgan fingerprint density at radius 2 is 1.48 bits per heavy atom. The lowest BCUT2D eigenvalue weighted by Crippen LogP contribution is -2.36. The maximum Gasteiger partial charge on any atom is 0.461 e. The Kier molecular flexibility index (Phi) is 8.60. The number of benzene rings is 1. The van der Waals surface area contributed by atoms with Crippen molar-refractivity contribution in [3.63, 3.8) is 0 Å². The van der Waals surface area contributed by atoms with Crippen LogP contribution in [0.1, 0.15) is 76.7 Å². The minimum absolute atomic E-state index is 0.0819. The highest BCUT2D eigenvalue weighted by molar-refractivity contribution is 5.30. The van der Waals surface area contributed by atoms with E-state index in [1.807, 2.05) is 0 Å². The van der Waals surface area contributed by atoms with Crippen LogP contribution in [0.3, 0.4) is 0 Å². The van der Waals surface area contributed by atoms with Crippen LogP contribution in [0.4, 0.5) is 30.7 Å². The van der Waals surface area contributed by atoms with E-state index in [2.05, 4.69) is 11.7 Å². The van der Waals surface area contributed by atoms with Crippen LogP contribution in [0, 0.1) is 29.5 Å². The summed E-state index contributed by atoms with van der Waals surface area (Å²) < 4.78 is 98.1. The molecule has 2 fully saturated rings. The van der Waals surface area contributed by atoms with Crippen molar-refractivity contribution in [2.45, 2.75) is 96.0 Å². The number of halogens is 7. The number of alkyl halides is 6. The lowest BCUT2D eigenvalue weighted by Gasteiger charge is -2.39. The summed E-state index contributed by atoms with van der Waals surface area (Å²) in [6.45, 7) is 2.20. The molecule has 0 heterocycles. The Labute approximate surface area is 191 Å². The van der Waals surface area contributed by atoms with E-state index in [4.69, 9.17) is 0 Å². The molecule has 0 radical (unpaired) electrons. The molecule has 2 saturated carbocycles. The van der Waals surface area contributed by atoms with Crippen molar-refractivity contribution in [3.8, 4) is 5.75 Å². The molecular weight excluding hydrogens is 449 g/mol. The van der Waals surface area contributed by atoms with Crippen LogP contribution in [-0.2, 0) is 6.42 Å². The summed E-state index contributed by atoms with van der Waals surface area (Å²) in [5, 5.41) is 0. The highest BCUT2D eigenvalue weighted by Gasteiger charge is 2.45. The second kappa shape index (κ2) is 10.9. The van der Waals surface area contributed by atoms with Gasteiger partial charge in [0.2, 0.25) is 0 Å². The quantitative estimate of drug-likeness (QED) is 0.320. The molecule has 0 bridgehead atoms. The predicted octanol–water partition coefficient (Wildman–Crippen LogP) is 8.65. The molecule has 0 atom stereocenters. The van der Waals surface area contributed by atoms with Crippen LogP contribution >= 0.6 is 0 Å². The molecule has 188 valence electrons. The van der Waals surface area contributed by atoms with Crippen LogP contribution in [0.15, 0.2) is 18.2 Å². The monoisotopic (exact) mass is 482 g/mol. The van der Waals surface area contributed by atoms with E-state index in [-0.39, 0.29) is 5.56 Å². The molecule has 3 rings (SSSR count). The van der Waals surface area contributed by atoms with Crippen molar-refractivity contribution in [2.75, 3.05) is 0 Å². The fourth-order valence-corrected chi connectivity index (χ4v) is 5.71. The zero-order chi connectivity index (χ0) is 24.2. The Morgan fingerprint density at radius 1 is 0.909 bits per heavy atom. The summed E-state index contributed by atoms with van der Waals surface area (Å²) in [7, 11) is 0. The van der Waals surface area contributed by atoms with E-state index in [1.54, 1.807) is 0 Å². The molecule has 1 nitrogen and oxygen atoms in total. The van der Waals surface area contributed by atoms with Gasteiger partial charge < -0.3 is 4.74 Å². The van der Waals surface area contributed by atoms with E-state index >= 15 is 0 Å². The van der Waals surface area contributed by atoms with Crippen molar-refractivity contribution < 1.29 is 35.5 Å². The molecule has 1 aromatic carbocycles. The molecule has 0 aliphatic heterocycles. The number of hydrogen-bond donors (Lipinski definition) is 0. The van der Waals surface area contributed by atoms with Gasteiger partial charge in [-0.3, -0.25) is 0 Å². The van der Waals surface area contributed by atoms with E-state index in [9.17, 15) is 30.7 Å². The molecule has 2 aliphatic carbocycles. The number of hydrogen-bond acceptors (Lipinski definition) is 1. The minimum Gasteiger partial charge on any atom is -0.425 e. The van der Waals surface area contributed by atoms with Gasteiger partial charge in [-0.05, 0) is 74.0 Å². The third-order valence-corrected chi connectivity index (χ3v) is 7.56. The van der Waals surface area contributed by atoms with Crippen molar-refractivity contribution >= 4 is 0 Å². The second-order valence-electron chi connectivity index (χ2n) is 9.85. The first-order valence-electron chi connectivity index (χ1n) is 12.0. The summed E-state index contributed by atoms with van der Waals surface area (Å²) >= 11 is 0. The van der Waals surface area contributed by atoms with Gasteiger partial charge in [0.25, 0.3) is 5.92 Å². The maximum atomic E-state index is 14.9. The van der Waals surface area contributed by atoms with Gasteiger partial charge in [0, 0.05) is 12.3 Å². The molecule has 0 spiro atoms. The first-order chi connectivity index (χ1) is 15.5. The van der Waals surface area contributed by atoms with Crippen molar-refractivity contribution in [2.24, 2.45) is 23.7 Å². The smallest absolute Gasteiger partial charge is 0.425 e. The Morgan fingerprint density at radius 3 is 2.00 bits per heavy atom. The summed E-state index contributed by atoms with van der Waals surface area (Å²) in [5.41, 5.74) is -0.0819. The van der Waals surface area contributed by atoms with Crippen molar-refractivity contribution in [3.05, 3.63) is 29.6 Å². The van der Waals surface area contributed by atoms with Crippen LogP contribution < -0.4 is 4.74 Å². The predicted molar refractivity (Wildman–Crippen MR) is 112 cm³/mol. The first-order valence-corrected chi connectivity index (χ1v) is 12.0. The highest BCUT2D eigenvalue weighted by Crippen LogP contribution is 2.46. The van der Waals surface area contributed by atoms with Crippen LogP contribution in [0.5, 0.6) is 5.75 Å². The number of ether oxygens (including phenoxy) is 1. The minimum atomic E-state index is -4.86. The van der Waals surface area contributed by atoms with E-state index < -0.39 is 42.4 Å². The van der Waals surface area contributed by atoms with Gasteiger partial charge in [-0.1, -0.05) is 38.7 Å². The van der Waals surface area contributed by atoms with E-state index in [0.29, 0.717) is 36.8 Å². The summed E-state index contributed by atoms with van der Waals surface area (Å²) in [6, 6.07) is 2.38. The van der Waals surface area contributed by atoms with Gasteiger partial charge in [0.05, 0.1) is 0 Å². The largest absolute Gasteiger partial charge is 0.461 e. The fraction of sp³-hybridized carbons (Fsp3) is 0.760. The average Bonchev–Trinajstić information content (AvgIpc) is 2.76. The third-order valence-electron chi connectivity index (χ3n) is 7.56. The SMILES string of the molecule is CCCC1CCC(C2CCC(C(F)(F)Cc3ccc(OC(F)(F)C(F)F)c(F)c3)CC2)CC1. The Balaban J connectivity index is 1.52. The first kappa shape index (κ1) is 26.1. The van der Waals surface area contributed by atoms with Gasteiger partial charge in [0.1, 0.15) is 0 Å². The number of rotatable bonds is 9. The maximum absolute atomic E-state index is 14.9. The molecule has 0 aromatic heterocycles. The van der Waals surface area contributed by atoms with Crippen LogP contribution in [0.2, 0.25) is 0 Å². The van der Waals surface area contributed by atoms with Gasteiger partial charge in [-0.2, -0.15) is 17.6 Å². The summed E-state index contributed by atoms with van der Waals surface area (Å²) in [6.07, 6.45) is -0.0234. The molecule has 0 unspecified atom stereocenters. The van der Waals surface area contributed by atoms with Gasteiger partial charge in [-0.25, -0.2) is 13.2 Å². The van der Waals surface area contributed by atoms with Crippen molar-refractivity contribution in [1.29, 1.82) is 0 Å². The van der Waals surface area contributed by atoms with E-state index in [0.717, 1.165) is 24.8 Å². The third kappa shape index (κ3) is 6.78. The lowest BCUT2D eigenvalue weighted by atomic mass is 9.67. The average molecular weight is 483 g/mol. The molecule has 2 aliphatic rings. The second-order valence-corrected chi connectivity index (χ2v) is 9.85.